The van der Waals surface area contributed by atoms with Crippen molar-refractivity contribution in [1.29, 1.82) is 0 Å². The van der Waals surface area contributed by atoms with Crippen LogP contribution in [-0.4, -0.2) is 47.8 Å². The third-order valence-corrected chi connectivity index (χ3v) is 6.20. The molecule has 2 aliphatic rings. The van der Waals surface area contributed by atoms with Crippen LogP contribution in [0.4, 0.5) is 0 Å². The minimum Gasteiger partial charge on any atom is -0.491 e. The van der Waals surface area contributed by atoms with Crippen LogP contribution in [-0.2, 0) is 19.3 Å². The van der Waals surface area contributed by atoms with E-state index in [1.165, 1.54) is 11.1 Å². The molecule has 1 aliphatic heterocycles. The Labute approximate surface area is 187 Å². The predicted molar refractivity (Wildman–Crippen MR) is 123 cm³/mol. The Bertz CT molecular complexity index is 1080. The van der Waals surface area contributed by atoms with Crippen molar-refractivity contribution in [2.24, 2.45) is 0 Å². The Morgan fingerprint density at radius 2 is 2.00 bits per heavy atom. The van der Waals surface area contributed by atoms with Crippen molar-refractivity contribution in [3.63, 3.8) is 0 Å². The molecular formula is C24H28ClN3O3. The molecule has 2 atom stereocenters. The molecule has 2 heterocycles. The van der Waals surface area contributed by atoms with E-state index < -0.39 is 6.10 Å². The average Bonchev–Trinajstić information content (AvgIpc) is 3.15. The van der Waals surface area contributed by atoms with Crippen molar-refractivity contribution >= 4 is 29.2 Å². The molecule has 0 bridgehead atoms. The molecule has 1 aromatic heterocycles. The number of benzene rings is 2. The van der Waals surface area contributed by atoms with E-state index in [1.807, 2.05) is 18.2 Å². The molecule has 0 saturated heterocycles. The van der Waals surface area contributed by atoms with Crippen molar-refractivity contribution in [2.75, 3.05) is 19.7 Å². The molecule has 7 heteroatoms. The van der Waals surface area contributed by atoms with Crippen LogP contribution in [0, 0.1) is 0 Å². The van der Waals surface area contributed by atoms with E-state index in [1.54, 1.807) is 0 Å². The summed E-state index contributed by atoms with van der Waals surface area (Å²) < 4.78 is 5.85. The van der Waals surface area contributed by atoms with Crippen LogP contribution in [0.5, 0.6) is 5.75 Å². The van der Waals surface area contributed by atoms with Gasteiger partial charge in [0.1, 0.15) is 24.2 Å². The third-order valence-electron chi connectivity index (χ3n) is 6.20. The lowest BCUT2D eigenvalue weighted by atomic mass is 9.88. The summed E-state index contributed by atoms with van der Waals surface area (Å²) in [5.74, 6) is 0.655. The summed E-state index contributed by atoms with van der Waals surface area (Å²) in [5, 5.41) is 17.8. The summed E-state index contributed by atoms with van der Waals surface area (Å²) >= 11 is 0. The van der Waals surface area contributed by atoms with Gasteiger partial charge in [-0.1, -0.05) is 24.3 Å². The first-order valence-corrected chi connectivity index (χ1v) is 10.7. The number of H-pyrrole nitrogens is 1. The Hall–Kier alpha value is -2.54. The van der Waals surface area contributed by atoms with E-state index in [0.29, 0.717) is 30.6 Å². The van der Waals surface area contributed by atoms with Gasteiger partial charge in [-0.15, -0.1) is 12.4 Å². The normalized spacial score (nSPS) is 18.5. The summed E-state index contributed by atoms with van der Waals surface area (Å²) in [6.07, 6.45) is 3.41. The van der Waals surface area contributed by atoms with Gasteiger partial charge in [-0.3, -0.25) is 4.79 Å². The molecule has 5 rings (SSSR count). The number of rotatable bonds is 6. The number of carbonyl (C=O) groups is 1. The van der Waals surface area contributed by atoms with Crippen LogP contribution in [0.3, 0.4) is 0 Å². The first kappa shape index (κ1) is 21.7. The SMILES string of the molecule is Cl.O=C1NCCc2c1[nH]c1ccc(OCC(O)CNC3CCc4ccccc4C3)cc21. The van der Waals surface area contributed by atoms with E-state index in [4.69, 9.17) is 4.74 Å². The van der Waals surface area contributed by atoms with Gasteiger partial charge in [-0.2, -0.15) is 0 Å². The number of ether oxygens (including phenoxy) is 1. The average molecular weight is 442 g/mol. The predicted octanol–water partition coefficient (Wildman–Crippen LogP) is 2.76. The maximum absolute atomic E-state index is 12.0. The van der Waals surface area contributed by atoms with Crippen LogP contribution in [0.25, 0.3) is 10.9 Å². The Balaban J connectivity index is 0.00000231. The maximum Gasteiger partial charge on any atom is 0.268 e. The summed E-state index contributed by atoms with van der Waals surface area (Å²) in [6, 6.07) is 14.8. The van der Waals surface area contributed by atoms with E-state index in [-0.39, 0.29) is 24.9 Å². The first-order valence-electron chi connectivity index (χ1n) is 10.7. The molecule has 0 spiro atoms. The number of amides is 1. The Kier molecular flexibility index (Phi) is 6.51. The molecule has 0 radical (unpaired) electrons. The molecule has 3 aromatic rings. The largest absolute Gasteiger partial charge is 0.491 e. The van der Waals surface area contributed by atoms with Gasteiger partial charge < -0.3 is 25.5 Å². The highest BCUT2D eigenvalue weighted by atomic mass is 35.5. The number of hydrogen-bond donors (Lipinski definition) is 4. The van der Waals surface area contributed by atoms with Gasteiger partial charge in [0.05, 0.1) is 0 Å². The highest BCUT2D eigenvalue weighted by Gasteiger charge is 2.22. The summed E-state index contributed by atoms with van der Waals surface area (Å²) in [5.41, 5.74) is 5.47. The van der Waals surface area contributed by atoms with Crippen LogP contribution in [0.2, 0.25) is 0 Å². The number of aryl methyl sites for hydroxylation is 1. The fraction of sp³-hybridized carbons (Fsp3) is 0.375. The van der Waals surface area contributed by atoms with Gasteiger partial charge in [0, 0.05) is 30.0 Å². The van der Waals surface area contributed by atoms with Crippen molar-refractivity contribution in [1.82, 2.24) is 15.6 Å². The lowest BCUT2D eigenvalue weighted by Gasteiger charge is -2.26. The standard InChI is InChI=1S/C24H27N3O3.ClH/c28-18(13-26-17-6-5-15-3-1-2-4-16(15)11-17)14-30-19-7-8-22-21(12-19)20-9-10-25-24(29)23(20)27-22;/h1-4,7-8,12,17-18,26-28H,5-6,9-11,13-14H2,(H,25,29);1H. The van der Waals surface area contributed by atoms with Crippen molar-refractivity contribution < 1.29 is 14.6 Å². The molecule has 164 valence electrons. The van der Waals surface area contributed by atoms with Gasteiger partial charge in [0.15, 0.2) is 0 Å². The second-order valence-electron chi connectivity index (χ2n) is 8.27. The minimum absolute atomic E-state index is 0. The van der Waals surface area contributed by atoms with Crippen LogP contribution in [0.1, 0.15) is 33.6 Å². The van der Waals surface area contributed by atoms with Crippen molar-refractivity contribution in [3.8, 4) is 5.75 Å². The van der Waals surface area contributed by atoms with Crippen molar-refractivity contribution in [2.45, 2.75) is 37.8 Å². The van der Waals surface area contributed by atoms with Gasteiger partial charge in [-0.05, 0) is 60.6 Å². The third kappa shape index (κ3) is 4.56. The number of aromatic amines is 1. The molecule has 0 saturated carbocycles. The summed E-state index contributed by atoms with van der Waals surface area (Å²) in [7, 11) is 0. The zero-order chi connectivity index (χ0) is 20.5. The molecular weight excluding hydrogens is 414 g/mol. The Morgan fingerprint density at radius 3 is 2.87 bits per heavy atom. The number of aliphatic hydroxyl groups excluding tert-OH is 1. The number of aromatic nitrogens is 1. The van der Waals surface area contributed by atoms with Gasteiger partial charge >= 0.3 is 0 Å². The zero-order valence-corrected chi connectivity index (χ0v) is 18.1. The van der Waals surface area contributed by atoms with Gasteiger partial charge in [-0.25, -0.2) is 0 Å². The minimum atomic E-state index is -0.580. The molecule has 1 aliphatic carbocycles. The van der Waals surface area contributed by atoms with E-state index in [9.17, 15) is 9.90 Å². The van der Waals surface area contributed by atoms with E-state index in [2.05, 4.69) is 39.9 Å². The van der Waals surface area contributed by atoms with Crippen LogP contribution >= 0.6 is 12.4 Å². The number of hydrogen-bond acceptors (Lipinski definition) is 4. The maximum atomic E-state index is 12.0. The topological polar surface area (TPSA) is 86.4 Å². The number of carbonyl (C=O) groups excluding carboxylic acids is 1. The second-order valence-corrected chi connectivity index (χ2v) is 8.27. The highest BCUT2D eigenvalue weighted by molar-refractivity contribution is 6.02. The van der Waals surface area contributed by atoms with Crippen molar-refractivity contribution in [3.05, 3.63) is 64.8 Å². The monoisotopic (exact) mass is 441 g/mol. The molecule has 2 unspecified atom stereocenters. The van der Waals surface area contributed by atoms with E-state index >= 15 is 0 Å². The van der Waals surface area contributed by atoms with Crippen LogP contribution < -0.4 is 15.4 Å². The number of aliphatic hydroxyl groups is 1. The second kappa shape index (κ2) is 9.30. The first-order chi connectivity index (χ1) is 14.7. The lowest BCUT2D eigenvalue weighted by molar-refractivity contribution is 0.0942. The summed E-state index contributed by atoms with van der Waals surface area (Å²) in [6.45, 7) is 1.39. The quantitative estimate of drug-likeness (QED) is 0.474. The molecule has 1 amide bonds. The molecule has 0 fully saturated rings. The molecule has 4 N–H and O–H groups in total. The number of halogens is 1. The molecule has 2 aromatic carbocycles. The lowest BCUT2D eigenvalue weighted by Crippen LogP contribution is -2.40. The highest BCUT2D eigenvalue weighted by Crippen LogP contribution is 2.28. The van der Waals surface area contributed by atoms with E-state index in [0.717, 1.165) is 42.1 Å². The molecule has 6 nitrogen and oxygen atoms in total. The van der Waals surface area contributed by atoms with Gasteiger partial charge in [0.25, 0.3) is 5.91 Å². The summed E-state index contributed by atoms with van der Waals surface area (Å²) in [4.78, 5) is 15.2. The molecule has 31 heavy (non-hydrogen) atoms. The fourth-order valence-electron chi connectivity index (χ4n) is 4.59. The van der Waals surface area contributed by atoms with Crippen LogP contribution in [0.15, 0.2) is 42.5 Å². The number of nitrogens with one attached hydrogen (secondary N) is 3. The zero-order valence-electron chi connectivity index (χ0n) is 17.3. The Morgan fingerprint density at radius 1 is 1.16 bits per heavy atom. The fourth-order valence-corrected chi connectivity index (χ4v) is 4.59. The number of fused-ring (bicyclic) bond motifs is 4. The van der Waals surface area contributed by atoms with Gasteiger partial charge in [0.2, 0.25) is 0 Å². The smallest absolute Gasteiger partial charge is 0.268 e.